The molecule has 6 heteroatoms. The van der Waals surface area contributed by atoms with Crippen molar-refractivity contribution < 1.29 is 19.5 Å². The summed E-state index contributed by atoms with van der Waals surface area (Å²) in [5, 5.41) is 11.3. The van der Waals surface area contributed by atoms with Gasteiger partial charge in [0.1, 0.15) is 11.5 Å². The van der Waals surface area contributed by atoms with Crippen LogP contribution >= 0.6 is 0 Å². The Morgan fingerprint density at radius 2 is 1.67 bits per heavy atom. The van der Waals surface area contributed by atoms with Crippen LogP contribution in [0, 0.1) is 5.92 Å². The molecule has 2 rings (SSSR count). The van der Waals surface area contributed by atoms with Gasteiger partial charge in [-0.25, -0.2) is 5.48 Å². The number of carbonyl (C=O) groups is 2. The zero-order valence-corrected chi connectivity index (χ0v) is 13.4. The van der Waals surface area contributed by atoms with E-state index in [-0.39, 0.29) is 11.8 Å². The molecule has 0 aromatic heterocycles. The molecule has 0 aliphatic heterocycles. The van der Waals surface area contributed by atoms with Crippen LogP contribution in [0.15, 0.2) is 54.6 Å². The van der Waals surface area contributed by atoms with Crippen LogP contribution in [-0.2, 0) is 4.79 Å². The van der Waals surface area contributed by atoms with Gasteiger partial charge in [0.25, 0.3) is 5.91 Å². The molecule has 0 radical (unpaired) electrons. The molecule has 0 bridgehead atoms. The Labute approximate surface area is 140 Å². The molecule has 24 heavy (non-hydrogen) atoms. The van der Waals surface area contributed by atoms with Gasteiger partial charge >= 0.3 is 0 Å². The van der Waals surface area contributed by atoms with E-state index in [4.69, 9.17) is 9.94 Å². The van der Waals surface area contributed by atoms with Gasteiger partial charge in [-0.3, -0.25) is 14.8 Å². The number of amides is 2. The van der Waals surface area contributed by atoms with Crippen LogP contribution in [0.1, 0.15) is 23.7 Å². The van der Waals surface area contributed by atoms with E-state index in [0.717, 1.165) is 5.75 Å². The van der Waals surface area contributed by atoms with Crippen LogP contribution in [0.2, 0.25) is 0 Å². The van der Waals surface area contributed by atoms with E-state index in [2.05, 4.69) is 5.32 Å². The van der Waals surface area contributed by atoms with E-state index >= 15 is 0 Å². The summed E-state index contributed by atoms with van der Waals surface area (Å²) in [4.78, 5) is 23.2. The Morgan fingerprint density at radius 3 is 2.29 bits per heavy atom. The summed E-state index contributed by atoms with van der Waals surface area (Å²) in [6, 6.07) is 16.2. The Morgan fingerprint density at radius 1 is 1.04 bits per heavy atom. The number of para-hydroxylation sites is 1. The fourth-order valence-corrected chi connectivity index (χ4v) is 2.04. The van der Waals surface area contributed by atoms with Gasteiger partial charge in [0.05, 0.1) is 0 Å². The van der Waals surface area contributed by atoms with E-state index in [0.29, 0.717) is 24.3 Å². The largest absolute Gasteiger partial charge is 0.457 e. The summed E-state index contributed by atoms with van der Waals surface area (Å²) in [5.41, 5.74) is 2.10. The lowest BCUT2D eigenvalue weighted by Gasteiger charge is -2.10. The van der Waals surface area contributed by atoms with E-state index in [9.17, 15) is 9.59 Å². The molecular weight excluding hydrogens is 308 g/mol. The summed E-state index contributed by atoms with van der Waals surface area (Å²) in [5.74, 6) is 0.304. The number of nitrogens with one attached hydrogen (secondary N) is 2. The molecule has 3 N–H and O–H groups in total. The lowest BCUT2D eigenvalue weighted by Crippen LogP contribution is -2.31. The van der Waals surface area contributed by atoms with E-state index in [1.54, 1.807) is 36.7 Å². The fraction of sp³-hybridized carbons (Fsp3) is 0.222. The van der Waals surface area contributed by atoms with Gasteiger partial charge in [0, 0.05) is 18.0 Å². The number of rotatable bonds is 7. The highest BCUT2D eigenvalue weighted by atomic mass is 16.5. The van der Waals surface area contributed by atoms with E-state index < -0.39 is 5.91 Å². The smallest absolute Gasteiger partial charge is 0.251 e. The molecule has 0 saturated carbocycles. The van der Waals surface area contributed by atoms with Crippen molar-refractivity contribution >= 4 is 11.8 Å². The SMILES string of the molecule is CC(CCNC(=O)c1ccc(Oc2ccccc2)cc1)C(=O)NO. The maximum atomic E-state index is 12.0. The van der Waals surface area contributed by atoms with Gasteiger partial charge in [0.2, 0.25) is 5.91 Å². The Hall–Kier alpha value is -2.86. The molecule has 0 fully saturated rings. The number of hydrogen-bond acceptors (Lipinski definition) is 4. The van der Waals surface area contributed by atoms with Crippen molar-refractivity contribution in [1.82, 2.24) is 10.8 Å². The third-order valence-electron chi connectivity index (χ3n) is 3.52. The maximum absolute atomic E-state index is 12.0. The van der Waals surface area contributed by atoms with Gasteiger partial charge in [-0.05, 0) is 42.8 Å². The predicted molar refractivity (Wildman–Crippen MR) is 89.0 cm³/mol. The van der Waals surface area contributed by atoms with Crippen molar-refractivity contribution in [3.63, 3.8) is 0 Å². The van der Waals surface area contributed by atoms with Gasteiger partial charge in [-0.2, -0.15) is 0 Å². The molecule has 0 aliphatic carbocycles. The minimum absolute atomic E-state index is 0.224. The molecule has 2 amide bonds. The highest BCUT2D eigenvalue weighted by molar-refractivity contribution is 5.94. The van der Waals surface area contributed by atoms with Crippen molar-refractivity contribution in [2.75, 3.05) is 6.54 Å². The Balaban J connectivity index is 1.84. The second-order valence-corrected chi connectivity index (χ2v) is 5.36. The molecular formula is C18H20N2O4. The first-order valence-electron chi connectivity index (χ1n) is 7.65. The molecule has 0 aliphatic rings. The highest BCUT2D eigenvalue weighted by Gasteiger charge is 2.12. The molecule has 6 nitrogen and oxygen atoms in total. The third kappa shape index (κ3) is 5.10. The third-order valence-corrected chi connectivity index (χ3v) is 3.52. The van der Waals surface area contributed by atoms with Crippen LogP contribution in [0.25, 0.3) is 0 Å². The standard InChI is InChI=1S/C18H20N2O4/c1-13(17(21)20-23)11-12-19-18(22)14-7-9-16(10-8-14)24-15-5-3-2-4-6-15/h2-10,13,23H,11-12H2,1H3,(H,19,22)(H,20,21). The normalized spacial score (nSPS) is 11.4. The van der Waals surface area contributed by atoms with Gasteiger partial charge in [-0.15, -0.1) is 0 Å². The summed E-state index contributed by atoms with van der Waals surface area (Å²) >= 11 is 0. The molecule has 2 aromatic rings. The van der Waals surface area contributed by atoms with E-state index in [1.807, 2.05) is 30.3 Å². The quantitative estimate of drug-likeness (QED) is 0.539. The zero-order valence-electron chi connectivity index (χ0n) is 13.4. The second kappa shape index (κ2) is 8.69. The topological polar surface area (TPSA) is 87.7 Å². The number of carbonyl (C=O) groups excluding carboxylic acids is 2. The lowest BCUT2D eigenvalue weighted by atomic mass is 10.1. The molecule has 0 saturated heterocycles. The first-order chi connectivity index (χ1) is 11.6. The Bertz CT molecular complexity index is 671. The molecule has 2 aromatic carbocycles. The fourth-order valence-electron chi connectivity index (χ4n) is 2.04. The summed E-state index contributed by atoms with van der Waals surface area (Å²) in [6.07, 6.45) is 0.438. The predicted octanol–water partition coefficient (Wildman–Crippen LogP) is 2.74. The van der Waals surface area contributed by atoms with Crippen LogP contribution in [0.3, 0.4) is 0 Å². The monoisotopic (exact) mass is 328 g/mol. The number of ether oxygens (including phenoxy) is 1. The lowest BCUT2D eigenvalue weighted by molar-refractivity contribution is -0.133. The van der Waals surface area contributed by atoms with Crippen molar-refractivity contribution in [2.45, 2.75) is 13.3 Å². The second-order valence-electron chi connectivity index (χ2n) is 5.36. The van der Waals surface area contributed by atoms with Gasteiger partial charge < -0.3 is 10.1 Å². The summed E-state index contributed by atoms with van der Waals surface area (Å²) in [7, 11) is 0. The van der Waals surface area contributed by atoms with Crippen molar-refractivity contribution in [3.05, 3.63) is 60.2 Å². The zero-order chi connectivity index (χ0) is 17.4. The summed E-state index contributed by atoms with van der Waals surface area (Å²) < 4.78 is 5.66. The summed E-state index contributed by atoms with van der Waals surface area (Å²) in [6.45, 7) is 2.02. The first-order valence-corrected chi connectivity index (χ1v) is 7.65. The average Bonchev–Trinajstić information content (AvgIpc) is 2.62. The Kier molecular flexibility index (Phi) is 6.33. The van der Waals surface area contributed by atoms with Crippen LogP contribution in [0.5, 0.6) is 11.5 Å². The minimum Gasteiger partial charge on any atom is -0.457 e. The molecule has 1 atom stereocenters. The average molecular weight is 328 g/mol. The minimum atomic E-state index is -0.466. The number of hydrogen-bond donors (Lipinski definition) is 3. The van der Waals surface area contributed by atoms with Crippen LogP contribution in [-0.4, -0.2) is 23.6 Å². The van der Waals surface area contributed by atoms with E-state index in [1.165, 1.54) is 0 Å². The number of hydroxylamine groups is 1. The van der Waals surface area contributed by atoms with Crippen LogP contribution in [0.4, 0.5) is 0 Å². The van der Waals surface area contributed by atoms with Crippen molar-refractivity contribution in [1.29, 1.82) is 0 Å². The van der Waals surface area contributed by atoms with Gasteiger partial charge in [0.15, 0.2) is 0 Å². The number of benzene rings is 2. The molecule has 1 unspecified atom stereocenters. The first kappa shape index (κ1) is 17.5. The van der Waals surface area contributed by atoms with Gasteiger partial charge in [-0.1, -0.05) is 25.1 Å². The molecule has 0 heterocycles. The molecule has 126 valence electrons. The van der Waals surface area contributed by atoms with Crippen molar-refractivity contribution in [2.24, 2.45) is 5.92 Å². The highest BCUT2D eigenvalue weighted by Crippen LogP contribution is 2.21. The van der Waals surface area contributed by atoms with Crippen LogP contribution < -0.4 is 15.5 Å². The maximum Gasteiger partial charge on any atom is 0.251 e. The van der Waals surface area contributed by atoms with Crippen molar-refractivity contribution in [3.8, 4) is 11.5 Å². The molecule has 0 spiro atoms.